The van der Waals surface area contributed by atoms with Crippen molar-refractivity contribution >= 4 is 11.4 Å². The molecule has 0 radical (unpaired) electrons. The molecule has 0 amide bonds. The van der Waals surface area contributed by atoms with Crippen LogP contribution in [0.4, 0.5) is 11.4 Å². The molecule has 1 aliphatic heterocycles. The average Bonchev–Trinajstić information content (AvgIpc) is 2.30. The van der Waals surface area contributed by atoms with Crippen LogP contribution in [0.15, 0.2) is 48.6 Å². The molecule has 3 nitrogen and oxygen atoms in total. The van der Waals surface area contributed by atoms with Gasteiger partial charge in [0.25, 0.3) is 0 Å². The zero-order chi connectivity index (χ0) is 10.3. The largest absolute Gasteiger partial charge is 0.628 e. The Balaban J connectivity index is 2.07. The molecule has 0 fully saturated rings. The lowest BCUT2D eigenvalue weighted by Gasteiger charge is -2.40. The molecule has 3 rings (SSSR count). The molecule has 0 spiro atoms. The van der Waals surface area contributed by atoms with Gasteiger partial charge in [-0.05, 0) is 12.1 Å². The molecule has 0 saturated carbocycles. The van der Waals surface area contributed by atoms with Gasteiger partial charge in [0.15, 0.2) is 5.69 Å². The topological polar surface area (TPSA) is 39.5 Å². The van der Waals surface area contributed by atoms with E-state index in [4.69, 9.17) is 0 Å². The van der Waals surface area contributed by atoms with Crippen molar-refractivity contribution in [1.82, 2.24) is 0 Å². The minimum absolute atomic E-state index is 0.0371. The van der Waals surface area contributed by atoms with Gasteiger partial charge in [-0.15, -0.1) is 0 Å². The van der Waals surface area contributed by atoms with Crippen molar-refractivity contribution in [2.45, 2.75) is 12.1 Å². The third-order valence-corrected chi connectivity index (χ3v) is 2.95. The zero-order valence-electron chi connectivity index (χ0n) is 8.18. The maximum Gasteiger partial charge on any atom is 0.155 e. The van der Waals surface area contributed by atoms with E-state index in [2.05, 4.69) is 5.32 Å². The summed E-state index contributed by atoms with van der Waals surface area (Å²) in [6.07, 6.45) is 7.93. The van der Waals surface area contributed by atoms with Crippen LogP contribution in [-0.4, -0.2) is 12.1 Å². The van der Waals surface area contributed by atoms with E-state index >= 15 is 0 Å². The molecule has 1 aliphatic carbocycles. The van der Waals surface area contributed by atoms with E-state index in [1.165, 1.54) is 0 Å². The second-order valence-corrected chi connectivity index (χ2v) is 3.88. The molecular formula is C12H12N2O. The number of anilines is 1. The Hall–Kier alpha value is -1.58. The molecule has 2 aliphatic rings. The van der Waals surface area contributed by atoms with E-state index in [1.54, 1.807) is 0 Å². The molecule has 3 unspecified atom stereocenters. The molecule has 2 N–H and O–H groups in total. The Morgan fingerprint density at radius 1 is 1.13 bits per heavy atom. The average molecular weight is 200 g/mol. The first kappa shape index (κ1) is 8.71. The Bertz CT molecular complexity index is 439. The molecule has 1 aromatic rings. The van der Waals surface area contributed by atoms with E-state index in [1.807, 2.05) is 48.6 Å². The van der Waals surface area contributed by atoms with Crippen LogP contribution in [0.25, 0.3) is 0 Å². The highest BCUT2D eigenvalue weighted by Crippen LogP contribution is 2.24. The smallest absolute Gasteiger partial charge is 0.155 e. The summed E-state index contributed by atoms with van der Waals surface area (Å²) in [5.41, 5.74) is 1.75. The predicted molar refractivity (Wildman–Crippen MR) is 59.9 cm³/mol. The molecule has 1 heterocycles. The number of hydrogen-bond acceptors (Lipinski definition) is 2. The van der Waals surface area contributed by atoms with Gasteiger partial charge in [-0.3, -0.25) is 0 Å². The first-order chi connectivity index (χ1) is 7.36. The number of nitrogens with one attached hydrogen (secondary N) is 2. The van der Waals surface area contributed by atoms with Crippen LogP contribution < -0.4 is 10.4 Å². The Morgan fingerprint density at radius 2 is 1.93 bits per heavy atom. The summed E-state index contributed by atoms with van der Waals surface area (Å²) < 4.78 is 0. The fourth-order valence-electron chi connectivity index (χ4n) is 2.18. The highest BCUT2D eigenvalue weighted by Gasteiger charge is 2.31. The van der Waals surface area contributed by atoms with Gasteiger partial charge < -0.3 is 15.6 Å². The molecule has 3 atom stereocenters. The van der Waals surface area contributed by atoms with Crippen molar-refractivity contribution in [1.29, 1.82) is 0 Å². The van der Waals surface area contributed by atoms with Crippen molar-refractivity contribution in [3.63, 3.8) is 0 Å². The van der Waals surface area contributed by atoms with E-state index in [-0.39, 0.29) is 17.1 Å². The highest BCUT2D eigenvalue weighted by molar-refractivity contribution is 5.64. The van der Waals surface area contributed by atoms with E-state index < -0.39 is 0 Å². The van der Waals surface area contributed by atoms with Crippen LogP contribution in [0, 0.1) is 5.21 Å². The minimum atomic E-state index is -0.0371. The lowest BCUT2D eigenvalue weighted by molar-refractivity contribution is -0.800. The number of rotatable bonds is 0. The quantitative estimate of drug-likeness (QED) is 0.613. The Morgan fingerprint density at radius 3 is 2.87 bits per heavy atom. The maximum atomic E-state index is 12.1. The first-order valence-electron chi connectivity index (χ1n) is 5.11. The van der Waals surface area contributed by atoms with Crippen LogP contribution in [0.5, 0.6) is 0 Å². The van der Waals surface area contributed by atoms with Gasteiger partial charge in [-0.2, -0.15) is 0 Å². The van der Waals surface area contributed by atoms with Crippen molar-refractivity contribution in [3.05, 3.63) is 53.8 Å². The zero-order valence-corrected chi connectivity index (χ0v) is 8.18. The van der Waals surface area contributed by atoms with Crippen LogP contribution in [0.1, 0.15) is 0 Å². The lowest BCUT2D eigenvalue weighted by Crippen LogP contribution is -3.09. The van der Waals surface area contributed by atoms with Gasteiger partial charge in [-0.25, -0.2) is 0 Å². The number of fused-ring (bicyclic) bond motifs is 2. The fourth-order valence-corrected chi connectivity index (χ4v) is 2.18. The fraction of sp³-hybridized carbons (Fsp3) is 0.167. The second kappa shape index (κ2) is 3.22. The lowest BCUT2D eigenvalue weighted by atomic mass is 9.98. The molecule has 15 heavy (non-hydrogen) atoms. The van der Waals surface area contributed by atoms with Crippen molar-refractivity contribution in [2.24, 2.45) is 0 Å². The summed E-state index contributed by atoms with van der Waals surface area (Å²) in [5, 5.41) is 15.7. The predicted octanol–water partition coefficient (Wildman–Crippen LogP) is 0.989. The first-order valence-corrected chi connectivity index (χ1v) is 5.11. The van der Waals surface area contributed by atoms with E-state index in [0.717, 1.165) is 11.4 Å². The van der Waals surface area contributed by atoms with Crippen LogP contribution in [0.2, 0.25) is 0 Å². The summed E-state index contributed by atoms with van der Waals surface area (Å²) in [6, 6.07) is 7.77. The summed E-state index contributed by atoms with van der Waals surface area (Å²) in [4.78, 5) is 0. The summed E-state index contributed by atoms with van der Waals surface area (Å²) >= 11 is 0. The third kappa shape index (κ3) is 1.28. The second-order valence-electron chi connectivity index (χ2n) is 3.88. The van der Waals surface area contributed by atoms with Crippen molar-refractivity contribution < 1.29 is 5.06 Å². The maximum absolute atomic E-state index is 12.1. The van der Waals surface area contributed by atoms with Crippen LogP contribution in [0.3, 0.4) is 0 Å². The van der Waals surface area contributed by atoms with Gasteiger partial charge in [0, 0.05) is 6.07 Å². The van der Waals surface area contributed by atoms with Gasteiger partial charge >= 0.3 is 0 Å². The van der Waals surface area contributed by atoms with Crippen molar-refractivity contribution in [3.8, 4) is 0 Å². The molecule has 0 aromatic heterocycles. The number of hydroxylamine groups is 1. The van der Waals surface area contributed by atoms with Gasteiger partial charge in [0.05, 0.1) is 5.69 Å². The van der Waals surface area contributed by atoms with E-state index in [0.29, 0.717) is 0 Å². The van der Waals surface area contributed by atoms with Gasteiger partial charge in [-0.1, -0.05) is 30.4 Å². The van der Waals surface area contributed by atoms with Crippen molar-refractivity contribution in [2.75, 3.05) is 5.32 Å². The number of quaternary nitrogens is 1. The van der Waals surface area contributed by atoms with Crippen LogP contribution in [-0.2, 0) is 0 Å². The summed E-state index contributed by atoms with van der Waals surface area (Å²) in [6.45, 7) is 0. The summed E-state index contributed by atoms with van der Waals surface area (Å²) in [7, 11) is 0. The SMILES string of the molecule is [O-][NH+]1c2ccccc2NC2C=CC=CC21. The monoisotopic (exact) mass is 200 g/mol. The molecule has 3 heteroatoms. The number of allylic oxidation sites excluding steroid dienone is 2. The minimum Gasteiger partial charge on any atom is -0.628 e. The molecular weight excluding hydrogens is 188 g/mol. The Labute approximate surface area is 88.3 Å². The number of para-hydroxylation sites is 2. The molecule has 76 valence electrons. The molecule has 0 saturated heterocycles. The molecule has 1 aromatic carbocycles. The molecule has 0 bridgehead atoms. The van der Waals surface area contributed by atoms with Crippen LogP contribution >= 0.6 is 0 Å². The normalized spacial score (nSPS) is 31.7. The highest BCUT2D eigenvalue weighted by atomic mass is 16.5. The van der Waals surface area contributed by atoms with E-state index in [9.17, 15) is 5.21 Å². The van der Waals surface area contributed by atoms with Gasteiger partial charge in [0.2, 0.25) is 0 Å². The third-order valence-electron chi connectivity index (χ3n) is 2.95. The number of benzene rings is 1. The summed E-state index contributed by atoms with van der Waals surface area (Å²) in [5.74, 6) is 0. The van der Waals surface area contributed by atoms with Gasteiger partial charge in [0.1, 0.15) is 12.1 Å². The number of hydrogen-bond donors (Lipinski definition) is 2. The Kier molecular flexibility index (Phi) is 1.87. The standard InChI is InChI=1S/C12H12N2O/c15-14-11-7-3-1-5-9(11)13-10-6-2-4-8-12(10)14/h1-9,11,13-14H.